The minimum Gasteiger partial charge on any atom is -0.393 e. The van der Waals surface area contributed by atoms with E-state index in [1.807, 2.05) is 0 Å². The Morgan fingerprint density at radius 3 is 2.64 bits per heavy atom. The second-order valence-electron chi connectivity index (χ2n) is 13.1. The van der Waals surface area contributed by atoms with E-state index < -0.39 is 10.0 Å². The first-order valence-electron chi connectivity index (χ1n) is 14.3. The zero-order valence-electron chi connectivity index (χ0n) is 23.6. The van der Waals surface area contributed by atoms with Crippen molar-refractivity contribution >= 4 is 32.5 Å². The fourth-order valence-electron chi connectivity index (χ4n) is 8.89. The molecule has 0 bridgehead atoms. The number of hydrogen-bond acceptors (Lipinski definition) is 8. The van der Waals surface area contributed by atoms with Crippen LogP contribution in [0, 0.1) is 34.5 Å². The van der Waals surface area contributed by atoms with Crippen molar-refractivity contribution in [2.45, 2.75) is 83.1 Å². The van der Waals surface area contributed by atoms with Gasteiger partial charge in [0.25, 0.3) is 0 Å². The summed E-state index contributed by atoms with van der Waals surface area (Å²) in [7, 11) is -0.718. The van der Waals surface area contributed by atoms with Crippen molar-refractivity contribution in [1.82, 2.24) is 14.6 Å². The smallest absolute Gasteiger partial charge is 0.244 e. The number of nitrogens with one attached hydrogen (secondary N) is 1. The Morgan fingerprint density at radius 1 is 1.10 bits per heavy atom. The Balaban J connectivity index is 1.23. The van der Waals surface area contributed by atoms with Gasteiger partial charge in [0.1, 0.15) is 4.90 Å². The molecule has 2 N–H and O–H groups in total. The standard InChI is InChI=1S/C29H41N5O4S/c1-17(30-31-24-10-11-25(39(36,37)34(4)5)27-26(24)32-38-33-27)21-8-9-22-20-7-6-18-16-19(35)12-14-28(18,2)23(20)13-15-29(21,22)3/h6,10-11,19-23,31,35H,7-9,12-16H2,1-5H3/b30-17+/t19-,20-,21+,22-,23-,28-,29+/m0/s1. The van der Waals surface area contributed by atoms with Crippen LogP contribution in [-0.2, 0) is 10.0 Å². The molecule has 4 aliphatic rings. The van der Waals surface area contributed by atoms with Crippen LogP contribution in [0.1, 0.15) is 72.1 Å². The quantitative estimate of drug-likeness (QED) is 0.295. The molecule has 4 aliphatic carbocycles. The summed E-state index contributed by atoms with van der Waals surface area (Å²) < 4.78 is 31.5. The summed E-state index contributed by atoms with van der Waals surface area (Å²) in [6.45, 7) is 7.07. The van der Waals surface area contributed by atoms with E-state index >= 15 is 0 Å². The number of fused-ring (bicyclic) bond motifs is 6. The monoisotopic (exact) mass is 555 g/mol. The van der Waals surface area contributed by atoms with Crippen molar-refractivity contribution in [3.05, 3.63) is 23.8 Å². The van der Waals surface area contributed by atoms with Gasteiger partial charge in [0.05, 0.1) is 11.8 Å². The summed E-state index contributed by atoms with van der Waals surface area (Å²) in [4.78, 5) is 0.0590. The number of nitrogens with zero attached hydrogens (tertiary/aromatic N) is 4. The van der Waals surface area contributed by atoms with Crippen LogP contribution in [0.3, 0.4) is 0 Å². The van der Waals surface area contributed by atoms with Crippen LogP contribution in [0.2, 0.25) is 0 Å². The fourth-order valence-corrected chi connectivity index (χ4v) is 9.90. The van der Waals surface area contributed by atoms with Gasteiger partial charge in [-0.2, -0.15) is 5.10 Å². The molecule has 3 fully saturated rings. The van der Waals surface area contributed by atoms with E-state index in [0.29, 0.717) is 34.9 Å². The first kappa shape index (κ1) is 26.9. The highest BCUT2D eigenvalue weighted by atomic mass is 32.2. The lowest BCUT2D eigenvalue weighted by molar-refractivity contribution is -0.0423. The maximum atomic E-state index is 12.7. The lowest BCUT2D eigenvalue weighted by Crippen LogP contribution is -2.50. The van der Waals surface area contributed by atoms with Crippen molar-refractivity contribution in [2.24, 2.45) is 39.6 Å². The number of rotatable bonds is 5. The van der Waals surface area contributed by atoms with Gasteiger partial charge in [-0.1, -0.05) is 25.5 Å². The zero-order chi connectivity index (χ0) is 27.7. The molecular weight excluding hydrogens is 514 g/mol. The minimum absolute atomic E-state index is 0.0590. The molecule has 39 heavy (non-hydrogen) atoms. The molecule has 7 atom stereocenters. The van der Waals surface area contributed by atoms with Crippen molar-refractivity contribution in [1.29, 1.82) is 0 Å². The van der Waals surface area contributed by atoms with E-state index in [0.717, 1.165) is 42.1 Å². The van der Waals surface area contributed by atoms with Crippen LogP contribution in [0.15, 0.2) is 38.4 Å². The topological polar surface area (TPSA) is 121 Å². The maximum Gasteiger partial charge on any atom is 0.244 e. The fraction of sp³-hybridized carbons (Fsp3) is 0.690. The molecule has 0 saturated heterocycles. The van der Waals surface area contributed by atoms with E-state index in [9.17, 15) is 13.5 Å². The van der Waals surface area contributed by atoms with Gasteiger partial charge in [0.15, 0.2) is 11.0 Å². The van der Waals surface area contributed by atoms with E-state index in [2.05, 4.69) is 42.6 Å². The number of aliphatic hydroxyl groups excluding tert-OH is 1. The van der Waals surface area contributed by atoms with Gasteiger partial charge >= 0.3 is 0 Å². The predicted molar refractivity (Wildman–Crippen MR) is 151 cm³/mol. The van der Waals surface area contributed by atoms with Gasteiger partial charge < -0.3 is 5.11 Å². The van der Waals surface area contributed by atoms with Crippen LogP contribution in [0.25, 0.3) is 11.0 Å². The Bertz CT molecular complexity index is 1450. The molecular formula is C29H41N5O4S. The molecule has 1 aromatic heterocycles. The molecule has 9 nitrogen and oxygen atoms in total. The zero-order valence-corrected chi connectivity index (χ0v) is 24.5. The number of hydrogen-bond donors (Lipinski definition) is 2. The maximum absolute atomic E-state index is 12.7. The van der Waals surface area contributed by atoms with Crippen molar-refractivity contribution < 1.29 is 18.2 Å². The number of hydrazone groups is 1. The summed E-state index contributed by atoms with van der Waals surface area (Å²) >= 11 is 0. The summed E-state index contributed by atoms with van der Waals surface area (Å²) in [5.74, 6) is 2.48. The van der Waals surface area contributed by atoms with E-state index in [-0.39, 0.29) is 27.3 Å². The van der Waals surface area contributed by atoms with Gasteiger partial charge in [0.2, 0.25) is 10.0 Å². The predicted octanol–water partition coefficient (Wildman–Crippen LogP) is 5.20. The van der Waals surface area contributed by atoms with Gasteiger partial charge in [-0.25, -0.2) is 17.4 Å². The number of benzene rings is 1. The van der Waals surface area contributed by atoms with Crippen LogP contribution in [0.5, 0.6) is 0 Å². The van der Waals surface area contributed by atoms with Crippen molar-refractivity contribution in [3.63, 3.8) is 0 Å². The molecule has 10 heteroatoms. The number of aromatic nitrogens is 2. The molecule has 0 spiro atoms. The first-order chi connectivity index (χ1) is 18.5. The molecule has 212 valence electrons. The molecule has 0 unspecified atom stereocenters. The average molecular weight is 556 g/mol. The Kier molecular flexibility index (Phi) is 6.47. The van der Waals surface area contributed by atoms with Crippen molar-refractivity contribution in [3.8, 4) is 0 Å². The third kappa shape index (κ3) is 4.08. The summed E-state index contributed by atoms with van der Waals surface area (Å²) in [6, 6.07) is 3.21. The Hall–Kier alpha value is -2.30. The van der Waals surface area contributed by atoms with E-state index in [1.165, 1.54) is 45.0 Å². The van der Waals surface area contributed by atoms with Crippen LogP contribution >= 0.6 is 0 Å². The average Bonchev–Trinajstić information content (AvgIpc) is 3.52. The van der Waals surface area contributed by atoms with Gasteiger partial charge in [-0.05, 0) is 109 Å². The third-order valence-corrected chi connectivity index (χ3v) is 12.9. The highest BCUT2D eigenvalue weighted by Crippen LogP contribution is 2.66. The lowest BCUT2D eigenvalue weighted by atomic mass is 9.47. The normalized spacial score (nSPS) is 36.8. The van der Waals surface area contributed by atoms with Crippen LogP contribution in [-0.4, -0.2) is 54.1 Å². The number of anilines is 1. The van der Waals surface area contributed by atoms with Gasteiger partial charge in [0, 0.05) is 25.7 Å². The molecule has 6 rings (SSSR count). The highest BCUT2D eigenvalue weighted by Gasteiger charge is 2.59. The molecule has 3 saturated carbocycles. The van der Waals surface area contributed by atoms with E-state index in [1.54, 1.807) is 6.07 Å². The van der Waals surface area contributed by atoms with Crippen LogP contribution in [0.4, 0.5) is 5.69 Å². The SMILES string of the molecule is C/C(=N\Nc1ccc(S(=O)(=O)N(C)C)c2nonc12)[C@H]1CC[C@H]2[C@@H]3CC=C4C[C@@H](O)CC[C@]4(C)[C@H]3CC[C@]12C. The Labute approximate surface area is 231 Å². The lowest BCUT2D eigenvalue weighted by Gasteiger charge is -2.58. The highest BCUT2D eigenvalue weighted by molar-refractivity contribution is 7.89. The first-order valence-corrected chi connectivity index (χ1v) is 15.8. The molecule has 2 aromatic rings. The Morgan fingerprint density at radius 2 is 1.87 bits per heavy atom. The molecule has 0 aliphatic heterocycles. The van der Waals surface area contributed by atoms with Crippen LogP contribution < -0.4 is 5.43 Å². The summed E-state index contributed by atoms with van der Waals surface area (Å²) in [5.41, 5.74) is 7.32. The number of allylic oxidation sites excluding steroid dienone is 1. The van der Waals surface area contributed by atoms with Crippen molar-refractivity contribution in [2.75, 3.05) is 19.5 Å². The third-order valence-electron chi connectivity index (χ3n) is 11.1. The molecule has 1 heterocycles. The minimum atomic E-state index is -3.69. The molecule has 0 radical (unpaired) electrons. The second-order valence-corrected chi connectivity index (χ2v) is 15.2. The summed E-state index contributed by atoms with van der Waals surface area (Å²) in [6.07, 6.45) is 11.2. The largest absolute Gasteiger partial charge is 0.393 e. The molecule has 1 aromatic carbocycles. The number of sulfonamides is 1. The van der Waals surface area contributed by atoms with E-state index in [4.69, 9.17) is 9.73 Å². The molecule has 0 amide bonds. The second kappa shape index (κ2) is 9.38. The summed E-state index contributed by atoms with van der Waals surface area (Å²) in [5, 5.41) is 23.0. The van der Waals surface area contributed by atoms with Gasteiger partial charge in [-0.3, -0.25) is 5.43 Å². The number of aliphatic hydroxyl groups is 1. The van der Waals surface area contributed by atoms with Gasteiger partial charge in [-0.15, -0.1) is 0 Å².